The first-order chi connectivity index (χ1) is 11.2. The van der Waals surface area contributed by atoms with Gasteiger partial charge in [-0.15, -0.1) is 0 Å². The molecule has 0 aliphatic carbocycles. The van der Waals surface area contributed by atoms with E-state index < -0.39 is 0 Å². The molecule has 0 bridgehead atoms. The number of nitrogens with zero attached hydrogens (tertiary/aromatic N) is 1. The first kappa shape index (κ1) is 15.8. The highest BCUT2D eigenvalue weighted by atomic mass is 32.1. The van der Waals surface area contributed by atoms with Crippen LogP contribution in [0.2, 0.25) is 0 Å². The lowest BCUT2D eigenvalue weighted by atomic mass is 9.98. The second kappa shape index (κ2) is 7.01. The lowest BCUT2D eigenvalue weighted by Gasteiger charge is -2.21. The Morgan fingerprint density at radius 1 is 1.13 bits per heavy atom. The summed E-state index contributed by atoms with van der Waals surface area (Å²) in [7, 11) is 1.67. The van der Waals surface area contributed by atoms with Gasteiger partial charge in [-0.05, 0) is 55.4 Å². The SMILES string of the molecule is COc1ccc(NC(=S)N2CCC(c3ccc(C)cc3)C2)cc1. The van der Waals surface area contributed by atoms with Crippen LogP contribution in [0.25, 0.3) is 0 Å². The first-order valence-corrected chi connectivity index (χ1v) is 8.33. The molecule has 0 aromatic heterocycles. The number of methoxy groups -OCH3 is 1. The summed E-state index contributed by atoms with van der Waals surface area (Å²) in [4.78, 5) is 2.25. The number of ether oxygens (including phenoxy) is 1. The number of hydrogen-bond acceptors (Lipinski definition) is 2. The molecule has 0 amide bonds. The molecule has 1 aliphatic heterocycles. The van der Waals surface area contributed by atoms with Crippen molar-refractivity contribution in [3.8, 4) is 5.75 Å². The number of benzene rings is 2. The van der Waals surface area contributed by atoms with Gasteiger partial charge in [-0.3, -0.25) is 0 Å². The van der Waals surface area contributed by atoms with Crippen molar-refractivity contribution >= 4 is 23.0 Å². The maximum Gasteiger partial charge on any atom is 0.173 e. The van der Waals surface area contributed by atoms with Crippen molar-refractivity contribution in [2.75, 3.05) is 25.5 Å². The number of rotatable bonds is 3. The van der Waals surface area contributed by atoms with E-state index in [1.54, 1.807) is 7.11 Å². The van der Waals surface area contributed by atoms with Gasteiger partial charge in [0.2, 0.25) is 0 Å². The Hall–Kier alpha value is -2.07. The van der Waals surface area contributed by atoms with Gasteiger partial charge in [0.15, 0.2) is 5.11 Å². The van der Waals surface area contributed by atoms with Gasteiger partial charge in [-0.1, -0.05) is 29.8 Å². The van der Waals surface area contributed by atoms with Crippen LogP contribution in [-0.2, 0) is 0 Å². The molecular weight excluding hydrogens is 304 g/mol. The van der Waals surface area contributed by atoms with E-state index in [0.29, 0.717) is 5.92 Å². The van der Waals surface area contributed by atoms with Crippen LogP contribution in [0.1, 0.15) is 23.5 Å². The largest absolute Gasteiger partial charge is 0.497 e. The fourth-order valence-electron chi connectivity index (χ4n) is 2.93. The van der Waals surface area contributed by atoms with Gasteiger partial charge in [-0.2, -0.15) is 0 Å². The highest BCUT2D eigenvalue weighted by Gasteiger charge is 2.25. The molecule has 4 heteroatoms. The minimum Gasteiger partial charge on any atom is -0.497 e. The second-order valence-corrected chi connectivity index (χ2v) is 6.39. The minimum absolute atomic E-state index is 0.561. The second-order valence-electron chi connectivity index (χ2n) is 6.00. The Morgan fingerprint density at radius 2 is 1.83 bits per heavy atom. The monoisotopic (exact) mass is 326 g/mol. The topological polar surface area (TPSA) is 24.5 Å². The average molecular weight is 326 g/mol. The van der Waals surface area contributed by atoms with Crippen LogP contribution in [0.3, 0.4) is 0 Å². The van der Waals surface area contributed by atoms with Gasteiger partial charge in [0, 0.05) is 24.7 Å². The summed E-state index contributed by atoms with van der Waals surface area (Å²) in [5.41, 5.74) is 3.71. The van der Waals surface area contributed by atoms with Gasteiger partial charge < -0.3 is 15.0 Å². The highest BCUT2D eigenvalue weighted by molar-refractivity contribution is 7.80. The molecule has 2 aromatic carbocycles. The van der Waals surface area contributed by atoms with Crippen molar-refractivity contribution in [3.63, 3.8) is 0 Å². The number of nitrogens with one attached hydrogen (secondary N) is 1. The van der Waals surface area contributed by atoms with E-state index in [-0.39, 0.29) is 0 Å². The fraction of sp³-hybridized carbons (Fsp3) is 0.316. The van der Waals surface area contributed by atoms with Gasteiger partial charge in [0.05, 0.1) is 7.11 Å². The standard InChI is InChI=1S/C19H22N2OS/c1-14-3-5-15(6-4-14)16-11-12-21(13-16)19(23)20-17-7-9-18(22-2)10-8-17/h3-10,16H,11-13H2,1-2H3,(H,20,23). The molecule has 1 unspecified atom stereocenters. The zero-order valence-corrected chi connectivity index (χ0v) is 14.4. The van der Waals surface area contributed by atoms with Crippen LogP contribution < -0.4 is 10.1 Å². The molecular formula is C19H22N2OS. The van der Waals surface area contributed by atoms with Gasteiger partial charge in [0.25, 0.3) is 0 Å². The summed E-state index contributed by atoms with van der Waals surface area (Å²) in [5.74, 6) is 1.41. The number of hydrogen-bond donors (Lipinski definition) is 1. The Morgan fingerprint density at radius 3 is 2.48 bits per heavy atom. The quantitative estimate of drug-likeness (QED) is 0.855. The summed E-state index contributed by atoms with van der Waals surface area (Å²) in [5, 5.41) is 4.11. The van der Waals surface area contributed by atoms with Crippen molar-refractivity contribution < 1.29 is 4.74 Å². The number of likely N-dealkylation sites (tertiary alicyclic amines) is 1. The Bertz CT molecular complexity index is 667. The Kier molecular flexibility index (Phi) is 4.82. The molecule has 1 N–H and O–H groups in total. The predicted molar refractivity (Wildman–Crippen MR) is 99.3 cm³/mol. The summed E-state index contributed by atoms with van der Waals surface area (Å²) in [6, 6.07) is 16.7. The van der Waals surface area contributed by atoms with Crippen molar-refractivity contribution in [1.82, 2.24) is 4.90 Å². The Balaban J connectivity index is 1.59. The zero-order valence-electron chi connectivity index (χ0n) is 13.6. The van der Waals surface area contributed by atoms with E-state index in [2.05, 4.69) is 41.4 Å². The summed E-state index contributed by atoms with van der Waals surface area (Å²) >= 11 is 5.56. The highest BCUT2D eigenvalue weighted by Crippen LogP contribution is 2.28. The van der Waals surface area contributed by atoms with E-state index in [4.69, 9.17) is 17.0 Å². The van der Waals surface area contributed by atoms with E-state index in [9.17, 15) is 0 Å². The number of thiocarbonyl (C=S) groups is 1. The fourth-order valence-corrected chi connectivity index (χ4v) is 3.22. The molecule has 1 fully saturated rings. The predicted octanol–water partition coefficient (Wildman–Crippen LogP) is 4.19. The van der Waals surface area contributed by atoms with Crippen molar-refractivity contribution in [2.24, 2.45) is 0 Å². The van der Waals surface area contributed by atoms with E-state index in [0.717, 1.165) is 36.1 Å². The van der Waals surface area contributed by atoms with Crippen molar-refractivity contribution in [1.29, 1.82) is 0 Å². The summed E-state index contributed by atoms with van der Waals surface area (Å²) in [6.45, 7) is 4.10. The molecule has 1 saturated heterocycles. The lowest BCUT2D eigenvalue weighted by molar-refractivity contribution is 0.415. The summed E-state index contributed by atoms with van der Waals surface area (Å²) in [6.07, 6.45) is 1.15. The first-order valence-electron chi connectivity index (χ1n) is 7.92. The molecule has 1 heterocycles. The molecule has 0 radical (unpaired) electrons. The maximum atomic E-state index is 5.56. The third-order valence-corrected chi connectivity index (χ3v) is 4.73. The van der Waals surface area contributed by atoms with Crippen molar-refractivity contribution in [3.05, 3.63) is 59.7 Å². The van der Waals surface area contributed by atoms with Crippen LogP contribution in [-0.4, -0.2) is 30.2 Å². The Labute approximate surface area is 143 Å². The van der Waals surface area contributed by atoms with E-state index in [1.165, 1.54) is 11.1 Å². The summed E-state index contributed by atoms with van der Waals surface area (Å²) < 4.78 is 5.17. The average Bonchev–Trinajstić information content (AvgIpc) is 3.06. The van der Waals surface area contributed by atoms with Crippen LogP contribution >= 0.6 is 12.2 Å². The molecule has 23 heavy (non-hydrogen) atoms. The number of anilines is 1. The normalized spacial score (nSPS) is 17.1. The van der Waals surface area contributed by atoms with Crippen LogP contribution in [0, 0.1) is 6.92 Å². The maximum absolute atomic E-state index is 5.56. The van der Waals surface area contributed by atoms with Crippen molar-refractivity contribution in [2.45, 2.75) is 19.3 Å². The van der Waals surface area contributed by atoms with Gasteiger partial charge in [-0.25, -0.2) is 0 Å². The zero-order chi connectivity index (χ0) is 16.2. The van der Waals surface area contributed by atoms with Gasteiger partial charge in [0.1, 0.15) is 5.75 Å². The van der Waals surface area contributed by atoms with Gasteiger partial charge >= 0.3 is 0 Å². The van der Waals surface area contributed by atoms with Crippen LogP contribution in [0.4, 0.5) is 5.69 Å². The molecule has 0 saturated carbocycles. The van der Waals surface area contributed by atoms with E-state index in [1.807, 2.05) is 24.3 Å². The molecule has 2 aromatic rings. The number of aryl methyl sites for hydroxylation is 1. The lowest BCUT2D eigenvalue weighted by Crippen LogP contribution is -2.32. The third kappa shape index (κ3) is 3.82. The minimum atomic E-state index is 0.561. The molecule has 1 atom stereocenters. The molecule has 0 spiro atoms. The molecule has 3 nitrogen and oxygen atoms in total. The van der Waals surface area contributed by atoms with Crippen LogP contribution in [0.5, 0.6) is 5.75 Å². The molecule has 1 aliphatic rings. The van der Waals surface area contributed by atoms with Crippen LogP contribution in [0.15, 0.2) is 48.5 Å². The molecule has 120 valence electrons. The van der Waals surface area contributed by atoms with E-state index >= 15 is 0 Å². The third-order valence-electron chi connectivity index (χ3n) is 4.37. The molecule has 3 rings (SSSR count). The smallest absolute Gasteiger partial charge is 0.173 e.